The summed E-state index contributed by atoms with van der Waals surface area (Å²) >= 11 is 0. The molecule has 2 N–H and O–H groups in total. The summed E-state index contributed by atoms with van der Waals surface area (Å²) in [5.74, 6) is 4.41. The van der Waals surface area contributed by atoms with Gasteiger partial charge in [0.2, 0.25) is 0 Å². The molecule has 0 radical (unpaired) electrons. The maximum atomic E-state index is 13.5. The van der Waals surface area contributed by atoms with Crippen molar-refractivity contribution < 1.29 is 14.6 Å². The molecule has 0 aliphatic heterocycles. The Morgan fingerprint density at radius 3 is 2.33 bits per heavy atom. The first-order valence-electron chi connectivity index (χ1n) is 12.9. The van der Waals surface area contributed by atoms with Gasteiger partial charge in [0.05, 0.1) is 11.2 Å². The quantitative estimate of drug-likeness (QED) is 0.528. The molecule has 3 unspecified atom stereocenters. The van der Waals surface area contributed by atoms with Crippen LogP contribution in [0.1, 0.15) is 105 Å². The van der Waals surface area contributed by atoms with Gasteiger partial charge in [-0.3, -0.25) is 0 Å². The van der Waals surface area contributed by atoms with Gasteiger partial charge in [-0.2, -0.15) is 0 Å². The average Bonchev–Trinajstić information content (AvgIpc) is 3.03. The number of hydrogen-bond acceptors (Lipinski definition) is 2. The van der Waals surface area contributed by atoms with Crippen molar-refractivity contribution in [3.63, 3.8) is 0 Å². The summed E-state index contributed by atoms with van der Waals surface area (Å²) in [6, 6.07) is 0. The van der Waals surface area contributed by atoms with Crippen LogP contribution < -0.4 is 0 Å². The molecule has 4 fully saturated rings. The average molecular weight is 423 g/mol. The van der Waals surface area contributed by atoms with Crippen LogP contribution >= 0.6 is 0 Å². The van der Waals surface area contributed by atoms with Crippen molar-refractivity contribution in [3.05, 3.63) is 0 Å². The fraction of sp³-hybridized carbons (Fsp3) is 1.00. The predicted octanol–water partition coefficient (Wildman–Crippen LogP) is 6.53. The minimum absolute atomic E-state index is 0.302. The zero-order valence-electron chi connectivity index (χ0n) is 20.2. The van der Waals surface area contributed by atoms with E-state index >= 15 is 0 Å². The highest BCUT2D eigenvalue weighted by molar-refractivity contribution is 5.11. The largest absolute Gasteiger partial charge is 0.390 e. The standard InChI is InChI=1S/C27H47FO2/c1-18(10-12-24(2,3)29)21-8-9-22-20-7-6-19-16-27(30,17-28)15-14-25(19,4)23(20)11-13-26(21,22)5/h18-23,29-30H,6-17H2,1-5H3/t18-,19-,20?,21-,22?,23?,25+,26-,27+/m1/s1. The van der Waals surface area contributed by atoms with E-state index in [2.05, 4.69) is 20.8 Å². The number of rotatable bonds is 5. The van der Waals surface area contributed by atoms with E-state index in [4.69, 9.17) is 0 Å². The lowest BCUT2D eigenvalue weighted by Gasteiger charge is -2.62. The van der Waals surface area contributed by atoms with Gasteiger partial charge in [-0.1, -0.05) is 20.8 Å². The number of aliphatic hydroxyl groups is 2. The van der Waals surface area contributed by atoms with Gasteiger partial charge in [0.1, 0.15) is 6.67 Å². The van der Waals surface area contributed by atoms with E-state index in [9.17, 15) is 14.6 Å². The second-order valence-electron chi connectivity index (χ2n) is 13.3. The first kappa shape index (κ1) is 23.0. The Hall–Kier alpha value is -0.150. The van der Waals surface area contributed by atoms with Crippen LogP contribution in [0.15, 0.2) is 0 Å². The number of fused-ring (bicyclic) bond motifs is 5. The molecule has 174 valence electrons. The molecule has 30 heavy (non-hydrogen) atoms. The molecule has 4 saturated carbocycles. The first-order valence-corrected chi connectivity index (χ1v) is 12.9. The van der Waals surface area contributed by atoms with Gasteiger partial charge in [-0.15, -0.1) is 0 Å². The van der Waals surface area contributed by atoms with Gasteiger partial charge in [0.15, 0.2) is 0 Å². The monoisotopic (exact) mass is 422 g/mol. The Labute approximate surface area is 184 Å². The Morgan fingerprint density at radius 1 is 0.967 bits per heavy atom. The van der Waals surface area contributed by atoms with Gasteiger partial charge in [0, 0.05) is 0 Å². The van der Waals surface area contributed by atoms with Crippen molar-refractivity contribution in [1.29, 1.82) is 0 Å². The van der Waals surface area contributed by atoms with Gasteiger partial charge >= 0.3 is 0 Å². The van der Waals surface area contributed by atoms with Gasteiger partial charge in [-0.05, 0) is 131 Å². The minimum atomic E-state index is -1.05. The second-order valence-corrected chi connectivity index (χ2v) is 13.3. The van der Waals surface area contributed by atoms with Gasteiger partial charge < -0.3 is 10.2 Å². The van der Waals surface area contributed by atoms with Gasteiger partial charge in [-0.25, -0.2) is 4.39 Å². The van der Waals surface area contributed by atoms with Crippen molar-refractivity contribution >= 4 is 0 Å². The minimum Gasteiger partial charge on any atom is -0.390 e. The molecule has 4 rings (SSSR count). The zero-order chi connectivity index (χ0) is 21.9. The summed E-state index contributed by atoms with van der Waals surface area (Å²) in [5.41, 5.74) is -0.844. The molecule has 0 saturated heterocycles. The highest BCUT2D eigenvalue weighted by Crippen LogP contribution is 2.68. The third kappa shape index (κ3) is 3.78. The first-order chi connectivity index (χ1) is 13.9. The van der Waals surface area contributed by atoms with Crippen LogP contribution in [0.4, 0.5) is 4.39 Å². The van der Waals surface area contributed by atoms with E-state index < -0.39 is 17.9 Å². The number of halogens is 1. The summed E-state index contributed by atoms with van der Waals surface area (Å²) in [7, 11) is 0. The molecule has 0 heterocycles. The van der Waals surface area contributed by atoms with Crippen LogP contribution in [-0.2, 0) is 0 Å². The molecule has 3 heteroatoms. The maximum Gasteiger partial charge on any atom is 0.118 e. The maximum absolute atomic E-state index is 13.5. The van der Waals surface area contributed by atoms with E-state index in [1.54, 1.807) is 0 Å². The normalized spacial score (nSPS) is 49.8. The van der Waals surface area contributed by atoms with Crippen LogP contribution in [-0.4, -0.2) is 28.1 Å². The number of hydrogen-bond donors (Lipinski definition) is 2. The third-order valence-electron chi connectivity index (χ3n) is 11.0. The molecule has 0 aromatic carbocycles. The fourth-order valence-electron chi connectivity index (χ4n) is 9.20. The summed E-state index contributed by atoms with van der Waals surface area (Å²) in [4.78, 5) is 0. The van der Waals surface area contributed by atoms with Crippen LogP contribution in [0.3, 0.4) is 0 Å². The third-order valence-corrected chi connectivity index (χ3v) is 11.0. The summed E-state index contributed by atoms with van der Waals surface area (Å²) in [5, 5.41) is 20.8. The van der Waals surface area contributed by atoms with Crippen molar-refractivity contribution in [2.24, 2.45) is 46.3 Å². The molecule has 0 spiro atoms. The Balaban J connectivity index is 1.49. The Bertz CT molecular complexity index is 629. The van der Waals surface area contributed by atoms with Crippen LogP contribution in [0, 0.1) is 46.3 Å². The van der Waals surface area contributed by atoms with Crippen LogP contribution in [0.25, 0.3) is 0 Å². The highest BCUT2D eigenvalue weighted by Gasteiger charge is 2.61. The molecule has 4 aliphatic rings. The molecule has 0 aromatic rings. The van der Waals surface area contributed by atoms with Crippen LogP contribution in [0.2, 0.25) is 0 Å². The molecule has 0 amide bonds. The van der Waals surface area contributed by atoms with Crippen molar-refractivity contribution in [2.75, 3.05) is 6.67 Å². The van der Waals surface area contributed by atoms with E-state index in [-0.39, 0.29) is 0 Å². The second kappa shape index (κ2) is 7.72. The molecule has 4 aliphatic carbocycles. The Kier molecular flexibility index (Phi) is 5.92. The van der Waals surface area contributed by atoms with Gasteiger partial charge in [0.25, 0.3) is 0 Å². The SMILES string of the molecule is C[C@H](CCC(C)(C)O)[C@H]1CCC2C3CC[C@@H]4C[C@](O)(CF)CC[C@]4(C)C3CC[C@@]21C. The lowest BCUT2D eigenvalue weighted by atomic mass is 9.43. The van der Waals surface area contributed by atoms with Crippen molar-refractivity contribution in [2.45, 2.75) is 116 Å². The van der Waals surface area contributed by atoms with Crippen molar-refractivity contribution in [3.8, 4) is 0 Å². The fourth-order valence-corrected chi connectivity index (χ4v) is 9.20. The molecule has 2 nitrogen and oxygen atoms in total. The smallest absolute Gasteiger partial charge is 0.118 e. The van der Waals surface area contributed by atoms with Crippen LogP contribution in [0.5, 0.6) is 0 Å². The molecule has 9 atom stereocenters. The predicted molar refractivity (Wildman–Crippen MR) is 121 cm³/mol. The van der Waals surface area contributed by atoms with E-state index in [1.807, 2.05) is 13.8 Å². The molecular weight excluding hydrogens is 375 g/mol. The van der Waals surface area contributed by atoms with E-state index in [0.29, 0.717) is 35.5 Å². The lowest BCUT2D eigenvalue weighted by Crippen LogP contribution is -2.56. The molecule has 0 bridgehead atoms. The highest BCUT2D eigenvalue weighted by atomic mass is 19.1. The van der Waals surface area contributed by atoms with Crippen molar-refractivity contribution in [1.82, 2.24) is 0 Å². The van der Waals surface area contributed by atoms with E-state index in [0.717, 1.165) is 42.9 Å². The van der Waals surface area contributed by atoms with E-state index in [1.165, 1.54) is 38.5 Å². The lowest BCUT2D eigenvalue weighted by molar-refractivity contribution is -0.155. The zero-order valence-corrected chi connectivity index (χ0v) is 20.2. The summed E-state index contributed by atoms with van der Waals surface area (Å²) < 4.78 is 13.5. The molecule has 0 aromatic heterocycles. The Morgan fingerprint density at radius 2 is 1.67 bits per heavy atom. The summed E-state index contributed by atoms with van der Waals surface area (Å²) in [6.45, 7) is 10.8. The summed E-state index contributed by atoms with van der Waals surface area (Å²) in [6.07, 6.45) is 12.3. The molecular formula is C27H47FO2. The number of alkyl halides is 1. The topological polar surface area (TPSA) is 40.5 Å².